The van der Waals surface area contributed by atoms with Crippen molar-refractivity contribution in [3.05, 3.63) is 54.3 Å². The van der Waals surface area contributed by atoms with Crippen molar-refractivity contribution in [2.45, 2.75) is 31.2 Å². The number of para-hydroxylation sites is 1. The van der Waals surface area contributed by atoms with Gasteiger partial charge in [-0.1, -0.05) is 24.8 Å². The highest BCUT2D eigenvalue weighted by atomic mass is 31.2. The lowest BCUT2D eigenvalue weighted by atomic mass is 10.1. The normalized spacial score (nSPS) is 38.9. The SMILES string of the molecule is [2H]C([2H])(OP1(=O)OCc2ccccc2O1)[C@]1(F)C[C@@H](O)[C@]([2H])(N2C=C(F)C(=O)NC2=C)O1. The summed E-state index contributed by atoms with van der Waals surface area (Å²) in [7, 11) is -4.68. The number of hydrogen-bond acceptors (Lipinski definition) is 8. The number of rotatable bonds is 4. The first-order valence-electron chi connectivity index (χ1n) is 9.75. The van der Waals surface area contributed by atoms with Gasteiger partial charge in [0.25, 0.3) is 5.91 Å². The van der Waals surface area contributed by atoms with Gasteiger partial charge in [-0.3, -0.25) is 13.8 Å². The predicted molar refractivity (Wildman–Crippen MR) is 93.1 cm³/mol. The summed E-state index contributed by atoms with van der Waals surface area (Å²) in [5, 5.41) is 12.3. The summed E-state index contributed by atoms with van der Waals surface area (Å²) in [5.74, 6) is -6.49. The highest BCUT2D eigenvalue weighted by Crippen LogP contribution is 2.55. The second-order valence-electron chi connectivity index (χ2n) is 6.25. The Kier molecular flexibility index (Phi) is 4.09. The summed E-state index contributed by atoms with van der Waals surface area (Å²) >= 11 is 0. The molecular weight excluding hydrogens is 413 g/mol. The average molecular weight is 433 g/mol. The fourth-order valence-electron chi connectivity index (χ4n) is 2.76. The van der Waals surface area contributed by atoms with E-state index in [0.717, 1.165) is 0 Å². The van der Waals surface area contributed by atoms with E-state index in [1.165, 1.54) is 6.07 Å². The van der Waals surface area contributed by atoms with Gasteiger partial charge >= 0.3 is 7.82 Å². The van der Waals surface area contributed by atoms with Gasteiger partial charge in [-0.2, -0.15) is 4.39 Å². The first-order valence-corrected chi connectivity index (χ1v) is 9.72. The van der Waals surface area contributed by atoms with Crippen LogP contribution >= 0.6 is 7.82 Å². The number of aliphatic hydroxyl groups excluding tert-OH is 1. The van der Waals surface area contributed by atoms with Crippen LogP contribution < -0.4 is 9.84 Å². The maximum Gasteiger partial charge on any atom is 0.530 e. The molecule has 1 unspecified atom stereocenters. The minimum Gasteiger partial charge on any atom is -0.404 e. The second-order valence-corrected chi connectivity index (χ2v) is 7.77. The molecule has 12 heteroatoms. The molecule has 0 saturated carbocycles. The Bertz CT molecular complexity index is 1080. The molecule has 4 atom stereocenters. The van der Waals surface area contributed by atoms with E-state index >= 15 is 4.39 Å². The molecule has 0 spiro atoms. The number of phosphoric ester groups is 1. The molecule has 3 aliphatic heterocycles. The van der Waals surface area contributed by atoms with E-state index in [2.05, 4.69) is 6.58 Å². The standard InChI is InChI=1S/C17H17F2N2O7P/c1-10-20-15(23)12(18)7-21(10)16-13(22)6-17(19,27-16)9-26-29(24)25-8-11-4-2-3-5-14(11)28-29/h2-5,7,13,16,22H,1,6,8-9H2,(H,20,23)/t13-,16-,17+,29?/m1/s1/i9D2,16D. The first kappa shape index (κ1) is 16.5. The summed E-state index contributed by atoms with van der Waals surface area (Å²) in [5.41, 5.74) is 0.496. The molecule has 156 valence electrons. The Morgan fingerprint density at radius 2 is 2.31 bits per heavy atom. The van der Waals surface area contributed by atoms with Crippen molar-refractivity contribution >= 4 is 13.7 Å². The number of hydrogen-bond donors (Lipinski definition) is 2. The van der Waals surface area contributed by atoms with E-state index in [9.17, 15) is 18.9 Å². The van der Waals surface area contributed by atoms with Crippen LogP contribution in [0.15, 0.2) is 48.7 Å². The summed E-state index contributed by atoms with van der Waals surface area (Å²) in [6.07, 6.45) is -5.68. The molecular formula is C17H17F2N2O7P. The zero-order valence-corrected chi connectivity index (χ0v) is 15.5. The molecule has 0 radical (unpaired) electrons. The maximum atomic E-state index is 15.6. The van der Waals surface area contributed by atoms with Crippen LogP contribution in [-0.4, -0.2) is 40.6 Å². The molecule has 9 nitrogen and oxygen atoms in total. The molecule has 0 aromatic heterocycles. The molecule has 1 aromatic rings. The topological polar surface area (TPSA) is 107 Å². The van der Waals surface area contributed by atoms with Crippen molar-refractivity contribution in [2.75, 3.05) is 6.56 Å². The Balaban J connectivity index is 1.59. The van der Waals surface area contributed by atoms with Gasteiger partial charge in [-0.15, -0.1) is 0 Å². The molecule has 3 heterocycles. The van der Waals surface area contributed by atoms with Crippen LogP contribution in [0.3, 0.4) is 0 Å². The summed E-state index contributed by atoms with van der Waals surface area (Å²) in [6.45, 7) is -0.460. The minimum absolute atomic E-state index is 0.0778. The highest BCUT2D eigenvalue weighted by Gasteiger charge is 2.51. The Morgan fingerprint density at radius 3 is 3.10 bits per heavy atom. The van der Waals surface area contributed by atoms with Gasteiger partial charge in [0, 0.05) is 18.2 Å². The largest absolute Gasteiger partial charge is 0.530 e. The number of alkyl halides is 1. The quantitative estimate of drug-likeness (QED) is 0.697. The zero-order valence-electron chi connectivity index (χ0n) is 17.6. The van der Waals surface area contributed by atoms with Crippen LogP contribution in [0.2, 0.25) is 0 Å². The van der Waals surface area contributed by atoms with Crippen molar-refractivity contribution in [3.63, 3.8) is 0 Å². The van der Waals surface area contributed by atoms with E-state index in [1.54, 1.807) is 18.2 Å². The summed E-state index contributed by atoms with van der Waals surface area (Å²) in [6, 6.07) is 6.25. The van der Waals surface area contributed by atoms with Crippen LogP contribution in [0.5, 0.6) is 5.75 Å². The van der Waals surface area contributed by atoms with Gasteiger partial charge in [0.1, 0.15) is 24.2 Å². The zero-order chi connectivity index (χ0) is 23.5. The number of benzene rings is 1. The van der Waals surface area contributed by atoms with Crippen LogP contribution in [0.25, 0.3) is 0 Å². The monoisotopic (exact) mass is 433 g/mol. The fraction of sp³-hybridized carbons (Fsp3) is 0.353. The van der Waals surface area contributed by atoms with E-state index in [4.69, 9.17) is 22.4 Å². The molecule has 0 aliphatic carbocycles. The number of amides is 1. The predicted octanol–water partition coefficient (Wildman–Crippen LogP) is 2.21. The number of carbonyl (C=O) groups excluding carboxylic acids is 1. The van der Waals surface area contributed by atoms with Gasteiger partial charge in [-0.05, 0) is 6.07 Å². The number of fused-ring (bicyclic) bond motifs is 1. The van der Waals surface area contributed by atoms with Crippen LogP contribution in [0.4, 0.5) is 8.78 Å². The number of ether oxygens (including phenoxy) is 1. The highest BCUT2D eigenvalue weighted by molar-refractivity contribution is 7.49. The molecule has 1 saturated heterocycles. The minimum atomic E-state index is -4.68. The van der Waals surface area contributed by atoms with Crippen molar-refractivity contribution in [1.29, 1.82) is 0 Å². The van der Waals surface area contributed by atoms with Crippen molar-refractivity contribution in [2.24, 2.45) is 0 Å². The number of aliphatic hydroxyl groups is 1. The lowest BCUT2D eigenvalue weighted by Crippen LogP contribution is -2.46. The average Bonchev–Trinajstić information content (AvgIpc) is 2.94. The number of carbonyl (C=O) groups is 1. The first-order chi connectivity index (χ1) is 14.8. The third-order valence-electron chi connectivity index (χ3n) is 4.12. The molecule has 1 fully saturated rings. The number of halogens is 2. The smallest absolute Gasteiger partial charge is 0.404 e. The number of nitrogens with zero attached hydrogens (tertiary/aromatic N) is 1. The number of nitrogens with one attached hydrogen (secondary N) is 1. The maximum absolute atomic E-state index is 15.6. The Hall–Kier alpha value is -2.30. The molecule has 4 rings (SSSR count). The molecule has 1 aromatic carbocycles. The van der Waals surface area contributed by atoms with Gasteiger partial charge in [0.15, 0.2) is 6.20 Å². The van der Waals surface area contributed by atoms with Crippen LogP contribution in [0.1, 0.15) is 16.1 Å². The fourth-order valence-corrected chi connectivity index (χ4v) is 3.86. The van der Waals surface area contributed by atoms with E-state index in [-0.39, 0.29) is 12.4 Å². The van der Waals surface area contributed by atoms with E-state index in [0.29, 0.717) is 16.7 Å². The van der Waals surface area contributed by atoms with Crippen LogP contribution in [-0.2, 0) is 29.8 Å². The van der Waals surface area contributed by atoms with Crippen molar-refractivity contribution in [3.8, 4) is 5.75 Å². The number of phosphoric acid groups is 1. The third-order valence-corrected chi connectivity index (χ3v) is 5.30. The van der Waals surface area contributed by atoms with Crippen molar-refractivity contribution < 1.29 is 45.7 Å². The van der Waals surface area contributed by atoms with Crippen molar-refractivity contribution in [1.82, 2.24) is 10.2 Å². The van der Waals surface area contributed by atoms with E-state index < -0.39 is 56.5 Å². The van der Waals surface area contributed by atoms with Gasteiger partial charge in [0.2, 0.25) is 11.7 Å². The lowest BCUT2D eigenvalue weighted by Gasteiger charge is -2.33. The summed E-state index contributed by atoms with van der Waals surface area (Å²) in [4.78, 5) is 11.8. The van der Waals surface area contributed by atoms with E-state index in [1.807, 2.05) is 5.32 Å². The second kappa shape index (κ2) is 7.19. The molecule has 2 N–H and O–H groups in total. The molecule has 29 heavy (non-hydrogen) atoms. The third kappa shape index (κ3) is 3.92. The summed E-state index contributed by atoms with van der Waals surface area (Å²) < 4.78 is 86.2. The van der Waals surface area contributed by atoms with Crippen LogP contribution in [0, 0.1) is 0 Å². The Morgan fingerprint density at radius 1 is 1.55 bits per heavy atom. The molecule has 0 bridgehead atoms. The van der Waals surface area contributed by atoms with Gasteiger partial charge < -0.3 is 24.6 Å². The molecule has 3 aliphatic rings. The molecule has 1 amide bonds. The van der Waals surface area contributed by atoms with Gasteiger partial charge in [0.05, 0.1) is 10.7 Å². The lowest BCUT2D eigenvalue weighted by molar-refractivity contribution is -0.184. The van der Waals surface area contributed by atoms with Gasteiger partial charge in [-0.25, -0.2) is 8.96 Å². The Labute approximate surface area is 168 Å².